The molecule has 0 radical (unpaired) electrons. The van der Waals surface area contributed by atoms with Crippen LogP contribution in [0.25, 0.3) is 10.2 Å². The minimum absolute atomic E-state index is 0.0319. The van der Waals surface area contributed by atoms with Gasteiger partial charge in [-0.15, -0.1) is 0 Å². The van der Waals surface area contributed by atoms with Gasteiger partial charge in [0.05, 0.1) is 14.2 Å². The predicted molar refractivity (Wildman–Crippen MR) is 137 cm³/mol. The number of ether oxygens (including phenoxy) is 2. The Labute approximate surface area is 201 Å². The molecule has 3 aromatic rings. The van der Waals surface area contributed by atoms with E-state index in [0.717, 1.165) is 30.1 Å². The quantitative estimate of drug-likeness (QED) is 0.408. The van der Waals surface area contributed by atoms with Crippen molar-refractivity contribution >= 4 is 32.6 Å². The third kappa shape index (κ3) is 5.47. The first-order valence-electron chi connectivity index (χ1n) is 11.4. The number of hydrogen-bond donors (Lipinski definition) is 0. The average molecular weight is 470 g/mol. The van der Waals surface area contributed by atoms with Crippen molar-refractivity contribution in [2.45, 2.75) is 40.0 Å². The maximum Gasteiger partial charge on any atom is 0.260 e. The van der Waals surface area contributed by atoms with E-state index >= 15 is 0 Å². The number of hydrogen-bond acceptors (Lipinski definition) is 6. The zero-order chi connectivity index (χ0) is 24.2. The lowest BCUT2D eigenvalue weighted by Gasteiger charge is -2.25. The van der Waals surface area contributed by atoms with Crippen LogP contribution in [-0.4, -0.2) is 56.2 Å². The zero-order valence-corrected chi connectivity index (χ0v) is 21.6. The molecule has 2 aromatic carbocycles. The Kier molecular flexibility index (Phi) is 7.97. The van der Waals surface area contributed by atoms with Crippen LogP contribution in [0.1, 0.15) is 50.5 Å². The highest BCUT2D eigenvalue weighted by Crippen LogP contribution is 2.40. The number of methoxy groups -OCH3 is 2. The summed E-state index contributed by atoms with van der Waals surface area (Å²) in [5.74, 6) is 1.33. The summed E-state index contributed by atoms with van der Waals surface area (Å²) in [7, 11) is 3.26. The fourth-order valence-corrected chi connectivity index (χ4v) is 4.82. The van der Waals surface area contributed by atoms with Gasteiger partial charge >= 0.3 is 0 Å². The van der Waals surface area contributed by atoms with Gasteiger partial charge in [0.25, 0.3) is 5.91 Å². The number of likely N-dealkylation sites (N-methyl/N-ethyl adjacent to an activating group) is 1. The molecule has 0 saturated heterocycles. The molecule has 0 atom stereocenters. The van der Waals surface area contributed by atoms with Crippen LogP contribution in [0.5, 0.6) is 11.5 Å². The summed E-state index contributed by atoms with van der Waals surface area (Å²) in [6.45, 7) is 13.9. The smallest absolute Gasteiger partial charge is 0.260 e. The molecular formula is C26H35N3O3S. The van der Waals surface area contributed by atoms with Crippen molar-refractivity contribution in [3.05, 3.63) is 47.5 Å². The van der Waals surface area contributed by atoms with Gasteiger partial charge in [0.1, 0.15) is 21.7 Å². The van der Waals surface area contributed by atoms with Gasteiger partial charge < -0.3 is 14.4 Å². The van der Waals surface area contributed by atoms with Gasteiger partial charge in [0.2, 0.25) is 0 Å². The third-order valence-electron chi connectivity index (χ3n) is 5.91. The molecule has 0 bridgehead atoms. The minimum atomic E-state index is -0.0559. The molecule has 1 heterocycles. The lowest BCUT2D eigenvalue weighted by Crippen LogP contribution is -2.38. The van der Waals surface area contributed by atoms with Crippen LogP contribution in [0.15, 0.2) is 36.4 Å². The van der Waals surface area contributed by atoms with Crippen LogP contribution < -0.4 is 14.4 Å². The fourth-order valence-electron chi connectivity index (χ4n) is 3.72. The van der Waals surface area contributed by atoms with Gasteiger partial charge in [-0.25, -0.2) is 4.98 Å². The van der Waals surface area contributed by atoms with E-state index in [1.165, 1.54) is 16.9 Å². The topological polar surface area (TPSA) is 54.9 Å². The van der Waals surface area contributed by atoms with Gasteiger partial charge in [0.15, 0.2) is 5.13 Å². The highest BCUT2D eigenvalue weighted by atomic mass is 32.1. The van der Waals surface area contributed by atoms with Crippen LogP contribution in [-0.2, 0) is 5.41 Å². The van der Waals surface area contributed by atoms with Crippen LogP contribution in [0.2, 0.25) is 0 Å². The summed E-state index contributed by atoms with van der Waals surface area (Å²) in [6.07, 6.45) is 0. The summed E-state index contributed by atoms with van der Waals surface area (Å²) < 4.78 is 11.9. The molecule has 33 heavy (non-hydrogen) atoms. The molecule has 0 N–H and O–H groups in total. The number of nitrogens with zero attached hydrogens (tertiary/aromatic N) is 3. The summed E-state index contributed by atoms with van der Waals surface area (Å²) >= 11 is 1.45. The predicted octanol–water partition coefficient (Wildman–Crippen LogP) is 5.60. The van der Waals surface area contributed by atoms with Crippen molar-refractivity contribution in [1.29, 1.82) is 0 Å². The van der Waals surface area contributed by atoms with E-state index in [-0.39, 0.29) is 11.3 Å². The zero-order valence-electron chi connectivity index (χ0n) is 20.8. The number of amides is 1. The first-order chi connectivity index (χ1) is 15.7. The SMILES string of the molecule is CCN(CC)CCN(C(=O)c1ccc(C(C)(C)C)cc1)c1nc2c(OC)ccc(OC)c2s1. The number of carbonyl (C=O) groups excluding carboxylic acids is 1. The van der Waals surface area contributed by atoms with Gasteiger partial charge in [-0.3, -0.25) is 9.69 Å². The van der Waals surface area contributed by atoms with Crippen LogP contribution >= 0.6 is 11.3 Å². The Hall–Kier alpha value is -2.64. The molecule has 1 aromatic heterocycles. The second-order valence-electron chi connectivity index (χ2n) is 8.96. The van der Waals surface area contributed by atoms with Gasteiger partial charge in [0, 0.05) is 18.7 Å². The van der Waals surface area contributed by atoms with E-state index in [1.54, 1.807) is 19.1 Å². The molecule has 0 aliphatic rings. The van der Waals surface area contributed by atoms with Gasteiger partial charge in [-0.2, -0.15) is 0 Å². The minimum Gasteiger partial charge on any atom is -0.495 e. The van der Waals surface area contributed by atoms with Crippen molar-refractivity contribution in [3.8, 4) is 11.5 Å². The second-order valence-corrected chi connectivity index (χ2v) is 9.93. The van der Waals surface area contributed by atoms with Crippen LogP contribution in [0, 0.1) is 0 Å². The largest absolute Gasteiger partial charge is 0.495 e. The van der Waals surface area contributed by atoms with Crippen molar-refractivity contribution in [2.24, 2.45) is 0 Å². The normalized spacial score (nSPS) is 11.8. The summed E-state index contributed by atoms with van der Waals surface area (Å²) in [5.41, 5.74) is 2.59. The summed E-state index contributed by atoms with van der Waals surface area (Å²) in [5, 5.41) is 0.643. The van der Waals surface area contributed by atoms with E-state index in [4.69, 9.17) is 14.5 Å². The fraction of sp³-hybridized carbons (Fsp3) is 0.462. The van der Waals surface area contributed by atoms with Crippen molar-refractivity contribution < 1.29 is 14.3 Å². The monoisotopic (exact) mass is 469 g/mol. The van der Waals surface area contributed by atoms with Crippen LogP contribution in [0.4, 0.5) is 5.13 Å². The number of thiazole rings is 1. The van der Waals surface area contributed by atoms with E-state index in [1.807, 2.05) is 36.4 Å². The van der Waals surface area contributed by atoms with E-state index in [2.05, 4.69) is 39.5 Å². The Morgan fingerprint density at radius 1 is 0.939 bits per heavy atom. The molecule has 0 saturated carbocycles. The first-order valence-corrected chi connectivity index (χ1v) is 12.2. The molecule has 1 amide bonds. The number of benzene rings is 2. The average Bonchev–Trinajstić information content (AvgIpc) is 3.25. The molecule has 3 rings (SSSR count). The number of aromatic nitrogens is 1. The maximum atomic E-state index is 13.7. The Balaban J connectivity index is 2.03. The van der Waals surface area contributed by atoms with Crippen LogP contribution in [0.3, 0.4) is 0 Å². The van der Waals surface area contributed by atoms with E-state index < -0.39 is 0 Å². The standard InChI is InChI=1S/C26H35N3O3S/c1-8-28(9-2)16-17-29(24(30)18-10-12-19(13-11-18)26(3,4)5)25-27-22-20(31-6)14-15-21(32-7)23(22)33-25/h10-15H,8-9,16-17H2,1-7H3. The first kappa shape index (κ1) is 25.0. The molecule has 0 unspecified atom stereocenters. The molecule has 7 heteroatoms. The Morgan fingerprint density at radius 3 is 2.09 bits per heavy atom. The summed E-state index contributed by atoms with van der Waals surface area (Å²) in [6, 6.07) is 11.6. The number of rotatable bonds is 9. The number of anilines is 1. The highest BCUT2D eigenvalue weighted by molar-refractivity contribution is 7.22. The maximum absolute atomic E-state index is 13.7. The molecular weight excluding hydrogens is 434 g/mol. The van der Waals surface area contributed by atoms with Crippen molar-refractivity contribution in [3.63, 3.8) is 0 Å². The lowest BCUT2D eigenvalue weighted by molar-refractivity contribution is 0.0983. The van der Waals surface area contributed by atoms with Crippen molar-refractivity contribution in [1.82, 2.24) is 9.88 Å². The molecule has 178 valence electrons. The molecule has 0 spiro atoms. The molecule has 0 aliphatic carbocycles. The highest BCUT2D eigenvalue weighted by Gasteiger charge is 2.24. The van der Waals surface area contributed by atoms with Gasteiger partial charge in [-0.1, -0.05) is 58.1 Å². The van der Waals surface area contributed by atoms with E-state index in [0.29, 0.717) is 28.5 Å². The summed E-state index contributed by atoms with van der Waals surface area (Å²) in [4.78, 5) is 22.6. The number of fused-ring (bicyclic) bond motifs is 1. The lowest BCUT2D eigenvalue weighted by atomic mass is 9.86. The van der Waals surface area contributed by atoms with E-state index in [9.17, 15) is 4.79 Å². The Morgan fingerprint density at radius 2 is 1.55 bits per heavy atom. The number of carbonyl (C=O) groups is 1. The third-order valence-corrected chi connectivity index (χ3v) is 7.00. The second kappa shape index (κ2) is 10.5. The van der Waals surface area contributed by atoms with Crippen molar-refractivity contribution in [2.75, 3.05) is 45.3 Å². The molecule has 6 nitrogen and oxygen atoms in total. The van der Waals surface area contributed by atoms with Gasteiger partial charge in [-0.05, 0) is 48.3 Å². The molecule has 0 aliphatic heterocycles. The molecule has 0 fully saturated rings. The Bertz CT molecular complexity index is 1040.